The van der Waals surface area contributed by atoms with Crippen molar-refractivity contribution in [2.24, 2.45) is 0 Å². The van der Waals surface area contributed by atoms with Crippen LogP contribution >= 0.6 is 0 Å². The second-order valence-electron chi connectivity index (χ2n) is 5.10. The molecule has 5 heteroatoms. The molecule has 1 aromatic heterocycles. The normalized spacial score (nSPS) is 14.1. The highest BCUT2D eigenvalue weighted by atomic mass is 16.6. The Morgan fingerprint density at radius 1 is 1.20 bits per heavy atom. The number of nitro groups is 1. The molecule has 0 unspecified atom stereocenters. The van der Waals surface area contributed by atoms with E-state index < -0.39 is 4.92 Å². The average Bonchev–Trinajstić information content (AvgIpc) is 2.80. The number of hydrogen-bond acceptors (Lipinski definition) is 4. The monoisotopic (exact) mass is 269 g/mol. The molecule has 0 aliphatic heterocycles. The largest absolute Gasteiger partial charge is 0.361 e. The zero-order valence-corrected chi connectivity index (χ0v) is 11.2. The lowest BCUT2D eigenvalue weighted by Crippen LogP contribution is -2.21. The van der Waals surface area contributed by atoms with Gasteiger partial charge in [-0.15, -0.1) is 0 Å². The first-order chi connectivity index (χ1) is 9.63. The third-order valence-corrected chi connectivity index (χ3v) is 3.60. The van der Waals surface area contributed by atoms with Crippen LogP contribution in [0.2, 0.25) is 0 Å². The zero-order valence-electron chi connectivity index (χ0n) is 11.2. The number of hydrogen-bond donors (Lipinski definition) is 1. The summed E-state index contributed by atoms with van der Waals surface area (Å²) in [6.45, 7) is 1.83. The number of benzene rings is 1. The van der Waals surface area contributed by atoms with Crippen molar-refractivity contribution in [1.82, 2.24) is 4.98 Å². The van der Waals surface area contributed by atoms with Gasteiger partial charge in [-0.2, -0.15) is 0 Å². The number of nitrogens with one attached hydrogen (secondary N) is 1. The number of rotatable bonds is 3. The second-order valence-corrected chi connectivity index (χ2v) is 5.10. The summed E-state index contributed by atoms with van der Waals surface area (Å²) in [4.78, 5) is 14.9. The second kappa shape index (κ2) is 4.92. The van der Waals surface area contributed by atoms with Crippen LogP contribution in [0, 0.1) is 17.0 Å². The van der Waals surface area contributed by atoms with Gasteiger partial charge in [-0.1, -0.05) is 24.3 Å². The number of aromatic nitrogens is 1. The molecular formula is C15H15N3O2. The SMILES string of the molecule is Cc1ccc([N+](=O)[O-])c(NC2Cc3ccccc3C2)n1. The van der Waals surface area contributed by atoms with Gasteiger partial charge in [-0.25, -0.2) is 4.98 Å². The Kier molecular flexibility index (Phi) is 3.10. The Morgan fingerprint density at radius 2 is 1.85 bits per heavy atom. The van der Waals surface area contributed by atoms with Crippen LogP contribution in [0.15, 0.2) is 36.4 Å². The van der Waals surface area contributed by atoms with Gasteiger partial charge in [0, 0.05) is 17.8 Å². The maximum Gasteiger partial charge on any atom is 0.311 e. The van der Waals surface area contributed by atoms with E-state index in [0.717, 1.165) is 18.5 Å². The van der Waals surface area contributed by atoms with Crippen LogP contribution in [-0.2, 0) is 12.8 Å². The van der Waals surface area contributed by atoms with Gasteiger partial charge in [0.15, 0.2) is 0 Å². The Morgan fingerprint density at radius 3 is 2.45 bits per heavy atom. The summed E-state index contributed by atoms with van der Waals surface area (Å²) in [5.74, 6) is 0.368. The van der Waals surface area contributed by atoms with E-state index >= 15 is 0 Å². The third kappa shape index (κ3) is 2.34. The van der Waals surface area contributed by atoms with Crippen LogP contribution in [-0.4, -0.2) is 15.9 Å². The maximum atomic E-state index is 11.1. The number of anilines is 1. The molecule has 20 heavy (non-hydrogen) atoms. The summed E-state index contributed by atoms with van der Waals surface area (Å²) in [5, 5.41) is 14.3. The number of aryl methyl sites for hydroxylation is 1. The van der Waals surface area contributed by atoms with E-state index in [-0.39, 0.29) is 11.7 Å². The van der Waals surface area contributed by atoms with Gasteiger partial charge in [0.05, 0.1) is 4.92 Å². The van der Waals surface area contributed by atoms with Crippen molar-refractivity contribution in [2.75, 3.05) is 5.32 Å². The first-order valence-electron chi connectivity index (χ1n) is 6.59. The van der Waals surface area contributed by atoms with Crippen molar-refractivity contribution < 1.29 is 4.92 Å². The fourth-order valence-electron chi connectivity index (χ4n) is 2.66. The molecule has 102 valence electrons. The topological polar surface area (TPSA) is 68.1 Å². The predicted molar refractivity (Wildman–Crippen MR) is 76.9 cm³/mol. The zero-order chi connectivity index (χ0) is 14.1. The summed E-state index contributed by atoms with van der Waals surface area (Å²) in [5.41, 5.74) is 3.42. The van der Waals surface area contributed by atoms with Crippen LogP contribution in [0.1, 0.15) is 16.8 Å². The standard InChI is InChI=1S/C15H15N3O2/c1-10-6-7-14(18(19)20)15(16-10)17-13-8-11-4-2-3-5-12(11)9-13/h2-7,13H,8-9H2,1H3,(H,16,17). The summed E-state index contributed by atoms with van der Waals surface area (Å²) in [6.07, 6.45) is 1.76. The van der Waals surface area contributed by atoms with E-state index in [1.165, 1.54) is 17.2 Å². The summed E-state index contributed by atoms with van der Waals surface area (Å²) < 4.78 is 0. The first-order valence-corrected chi connectivity index (χ1v) is 6.59. The minimum atomic E-state index is -0.392. The smallest absolute Gasteiger partial charge is 0.311 e. The van der Waals surface area contributed by atoms with Gasteiger partial charge in [-0.3, -0.25) is 10.1 Å². The van der Waals surface area contributed by atoms with E-state index in [1.54, 1.807) is 6.07 Å². The molecule has 0 saturated carbocycles. The van der Waals surface area contributed by atoms with Gasteiger partial charge in [0.1, 0.15) is 0 Å². The summed E-state index contributed by atoms with van der Waals surface area (Å²) in [6, 6.07) is 11.6. The van der Waals surface area contributed by atoms with Crippen LogP contribution in [0.4, 0.5) is 11.5 Å². The lowest BCUT2D eigenvalue weighted by atomic mass is 10.1. The summed E-state index contributed by atoms with van der Waals surface area (Å²) >= 11 is 0. The lowest BCUT2D eigenvalue weighted by Gasteiger charge is -2.13. The minimum absolute atomic E-state index is 0.0338. The quantitative estimate of drug-likeness (QED) is 0.687. The Hall–Kier alpha value is -2.43. The van der Waals surface area contributed by atoms with Crippen molar-refractivity contribution in [3.05, 3.63) is 63.3 Å². The molecule has 0 atom stereocenters. The van der Waals surface area contributed by atoms with Gasteiger partial charge < -0.3 is 5.32 Å². The molecule has 0 bridgehead atoms. The molecule has 0 amide bonds. The lowest BCUT2D eigenvalue weighted by molar-refractivity contribution is -0.384. The molecule has 0 fully saturated rings. The molecule has 0 saturated heterocycles. The molecule has 3 rings (SSSR count). The predicted octanol–water partition coefficient (Wildman–Crippen LogP) is 2.88. The van der Waals surface area contributed by atoms with Crippen molar-refractivity contribution in [3.8, 4) is 0 Å². The van der Waals surface area contributed by atoms with Crippen molar-refractivity contribution in [2.45, 2.75) is 25.8 Å². The minimum Gasteiger partial charge on any atom is -0.361 e. The van der Waals surface area contributed by atoms with Crippen molar-refractivity contribution in [3.63, 3.8) is 0 Å². The molecule has 2 aromatic rings. The fraction of sp³-hybridized carbons (Fsp3) is 0.267. The number of pyridine rings is 1. The van der Waals surface area contributed by atoms with Crippen LogP contribution in [0.25, 0.3) is 0 Å². The average molecular weight is 269 g/mol. The highest BCUT2D eigenvalue weighted by Gasteiger charge is 2.24. The number of nitrogens with zero attached hydrogens (tertiary/aromatic N) is 2. The van der Waals surface area contributed by atoms with E-state index in [1.807, 2.05) is 19.1 Å². The molecule has 1 aliphatic rings. The van der Waals surface area contributed by atoms with Gasteiger partial charge >= 0.3 is 5.69 Å². The fourth-order valence-corrected chi connectivity index (χ4v) is 2.66. The van der Waals surface area contributed by atoms with E-state index in [4.69, 9.17) is 0 Å². The molecule has 5 nitrogen and oxygen atoms in total. The van der Waals surface area contributed by atoms with Gasteiger partial charge in [-0.05, 0) is 37.0 Å². The highest BCUT2D eigenvalue weighted by Crippen LogP contribution is 2.28. The molecular weight excluding hydrogens is 254 g/mol. The highest BCUT2D eigenvalue weighted by molar-refractivity contribution is 5.57. The van der Waals surface area contributed by atoms with Gasteiger partial charge in [0.25, 0.3) is 0 Å². The Bertz CT molecular complexity index is 645. The Labute approximate surface area is 116 Å². The molecule has 1 aromatic carbocycles. The van der Waals surface area contributed by atoms with Gasteiger partial charge in [0.2, 0.25) is 5.82 Å². The maximum absolute atomic E-state index is 11.1. The van der Waals surface area contributed by atoms with Crippen LogP contribution in [0.3, 0.4) is 0 Å². The molecule has 0 spiro atoms. The van der Waals surface area contributed by atoms with Crippen molar-refractivity contribution in [1.29, 1.82) is 0 Å². The molecule has 1 N–H and O–H groups in total. The molecule has 1 heterocycles. The van der Waals surface area contributed by atoms with Crippen molar-refractivity contribution >= 4 is 11.5 Å². The first kappa shape index (κ1) is 12.6. The summed E-state index contributed by atoms with van der Waals surface area (Å²) in [7, 11) is 0. The number of fused-ring (bicyclic) bond motifs is 1. The van der Waals surface area contributed by atoms with E-state index in [9.17, 15) is 10.1 Å². The Balaban J connectivity index is 1.83. The molecule has 0 radical (unpaired) electrons. The molecule has 1 aliphatic carbocycles. The van der Waals surface area contributed by atoms with Crippen LogP contribution in [0.5, 0.6) is 0 Å². The van der Waals surface area contributed by atoms with Crippen LogP contribution < -0.4 is 5.32 Å². The van der Waals surface area contributed by atoms with E-state index in [2.05, 4.69) is 22.4 Å². The third-order valence-electron chi connectivity index (χ3n) is 3.60. The van der Waals surface area contributed by atoms with E-state index in [0.29, 0.717) is 5.82 Å².